The number of ether oxygens (including phenoxy) is 1. The van der Waals surface area contributed by atoms with Gasteiger partial charge in [0.15, 0.2) is 0 Å². The van der Waals surface area contributed by atoms with E-state index in [1.807, 2.05) is 27.1 Å². The standard InChI is InChI=1S/C16H24N4O2S/c1-10(2)8-22-9-11(3)18-15(21)14-12(4)19-16(23-14)13-6-17-20(5)7-13/h6-7,10-11H,8-9H2,1-5H3,(H,18,21)/t11-/m1/s1. The Balaban J connectivity index is 1.98. The van der Waals surface area contributed by atoms with E-state index in [-0.39, 0.29) is 11.9 Å². The van der Waals surface area contributed by atoms with E-state index in [4.69, 9.17) is 4.74 Å². The predicted molar refractivity (Wildman–Crippen MR) is 91.6 cm³/mol. The molecular formula is C16H24N4O2S. The maximum atomic E-state index is 12.4. The summed E-state index contributed by atoms with van der Waals surface area (Å²) in [4.78, 5) is 17.5. The van der Waals surface area contributed by atoms with E-state index in [1.54, 1.807) is 10.9 Å². The Bertz CT molecular complexity index is 663. The number of nitrogens with one attached hydrogen (secondary N) is 1. The Hall–Kier alpha value is -1.73. The molecule has 2 aromatic rings. The topological polar surface area (TPSA) is 69.0 Å². The molecule has 0 aromatic carbocycles. The lowest BCUT2D eigenvalue weighted by molar-refractivity contribution is 0.0794. The van der Waals surface area contributed by atoms with Crippen LogP contribution < -0.4 is 5.32 Å². The fourth-order valence-electron chi connectivity index (χ4n) is 2.07. The lowest BCUT2D eigenvalue weighted by Crippen LogP contribution is -2.36. The Morgan fingerprint density at radius 1 is 1.39 bits per heavy atom. The van der Waals surface area contributed by atoms with Crippen molar-refractivity contribution in [3.05, 3.63) is 23.0 Å². The normalized spacial score (nSPS) is 12.6. The van der Waals surface area contributed by atoms with Gasteiger partial charge in [0.05, 0.1) is 18.5 Å². The molecule has 1 amide bonds. The fourth-order valence-corrected chi connectivity index (χ4v) is 3.02. The minimum atomic E-state index is -0.101. The van der Waals surface area contributed by atoms with Crippen LogP contribution in [0.25, 0.3) is 10.6 Å². The lowest BCUT2D eigenvalue weighted by Gasteiger charge is -2.14. The highest BCUT2D eigenvalue weighted by atomic mass is 32.1. The van der Waals surface area contributed by atoms with Crippen molar-refractivity contribution in [1.29, 1.82) is 0 Å². The first-order chi connectivity index (χ1) is 10.9. The molecule has 0 unspecified atom stereocenters. The van der Waals surface area contributed by atoms with Gasteiger partial charge in [-0.15, -0.1) is 11.3 Å². The van der Waals surface area contributed by atoms with Gasteiger partial charge in [-0.25, -0.2) is 4.98 Å². The molecule has 23 heavy (non-hydrogen) atoms. The van der Waals surface area contributed by atoms with E-state index in [1.165, 1.54) is 11.3 Å². The van der Waals surface area contributed by atoms with Gasteiger partial charge in [0.2, 0.25) is 0 Å². The maximum Gasteiger partial charge on any atom is 0.263 e. The summed E-state index contributed by atoms with van der Waals surface area (Å²) in [6.07, 6.45) is 3.64. The van der Waals surface area contributed by atoms with Crippen molar-refractivity contribution in [3.8, 4) is 10.6 Å². The molecule has 0 aliphatic heterocycles. The average Bonchev–Trinajstić information content (AvgIpc) is 3.04. The van der Waals surface area contributed by atoms with Crippen LogP contribution in [-0.4, -0.2) is 39.9 Å². The lowest BCUT2D eigenvalue weighted by atomic mass is 10.2. The third-order valence-electron chi connectivity index (χ3n) is 3.15. The zero-order valence-corrected chi connectivity index (χ0v) is 15.1. The molecule has 1 atom stereocenters. The first-order valence-corrected chi connectivity index (χ1v) is 8.53. The molecule has 0 bridgehead atoms. The van der Waals surface area contributed by atoms with Gasteiger partial charge < -0.3 is 10.1 Å². The van der Waals surface area contributed by atoms with Crippen LogP contribution in [0.5, 0.6) is 0 Å². The van der Waals surface area contributed by atoms with Gasteiger partial charge in [0, 0.05) is 31.5 Å². The first kappa shape index (κ1) is 17.6. The zero-order valence-electron chi connectivity index (χ0n) is 14.3. The number of hydrogen-bond donors (Lipinski definition) is 1. The van der Waals surface area contributed by atoms with Crippen LogP contribution in [0.15, 0.2) is 12.4 Å². The second-order valence-corrected chi connectivity index (χ2v) is 7.14. The van der Waals surface area contributed by atoms with E-state index >= 15 is 0 Å². The highest BCUT2D eigenvalue weighted by Crippen LogP contribution is 2.27. The SMILES string of the molecule is Cc1nc(-c2cnn(C)c2)sc1C(=O)N[C@H](C)COCC(C)C. The third-order valence-corrected chi connectivity index (χ3v) is 4.36. The van der Waals surface area contributed by atoms with Crippen molar-refractivity contribution in [2.75, 3.05) is 13.2 Å². The fraction of sp³-hybridized carbons (Fsp3) is 0.562. The van der Waals surface area contributed by atoms with Crippen molar-refractivity contribution in [2.24, 2.45) is 13.0 Å². The number of hydrogen-bond acceptors (Lipinski definition) is 5. The molecule has 0 aliphatic carbocycles. The monoisotopic (exact) mass is 336 g/mol. The molecule has 0 fully saturated rings. The number of nitrogens with zero attached hydrogens (tertiary/aromatic N) is 3. The summed E-state index contributed by atoms with van der Waals surface area (Å²) < 4.78 is 7.29. The third kappa shape index (κ3) is 4.87. The van der Waals surface area contributed by atoms with Crippen LogP contribution in [0.3, 0.4) is 0 Å². The number of aromatic nitrogens is 3. The summed E-state index contributed by atoms with van der Waals surface area (Å²) in [6.45, 7) is 9.21. The molecule has 0 saturated carbocycles. The summed E-state index contributed by atoms with van der Waals surface area (Å²) in [6, 6.07) is -0.0374. The molecule has 2 heterocycles. The highest BCUT2D eigenvalue weighted by molar-refractivity contribution is 7.17. The molecule has 7 heteroatoms. The van der Waals surface area contributed by atoms with Crippen LogP contribution in [-0.2, 0) is 11.8 Å². The predicted octanol–water partition coefficient (Wildman–Crippen LogP) is 2.64. The van der Waals surface area contributed by atoms with Gasteiger partial charge in [0.1, 0.15) is 9.88 Å². The molecule has 0 saturated heterocycles. The number of rotatable bonds is 7. The van der Waals surface area contributed by atoms with Crippen molar-refractivity contribution in [3.63, 3.8) is 0 Å². The second kappa shape index (κ2) is 7.70. The first-order valence-electron chi connectivity index (χ1n) is 7.72. The van der Waals surface area contributed by atoms with Crippen LogP contribution in [0.2, 0.25) is 0 Å². The van der Waals surface area contributed by atoms with Gasteiger partial charge in [-0.1, -0.05) is 13.8 Å². The zero-order chi connectivity index (χ0) is 17.0. The van der Waals surface area contributed by atoms with E-state index in [0.717, 1.165) is 16.3 Å². The maximum absolute atomic E-state index is 12.4. The number of amides is 1. The quantitative estimate of drug-likeness (QED) is 0.844. The van der Waals surface area contributed by atoms with Crippen LogP contribution in [0.1, 0.15) is 36.1 Å². The number of aryl methyl sites for hydroxylation is 2. The van der Waals surface area contributed by atoms with Crippen molar-refractivity contribution in [2.45, 2.75) is 33.7 Å². The minimum Gasteiger partial charge on any atom is -0.379 e. The van der Waals surface area contributed by atoms with Crippen molar-refractivity contribution >= 4 is 17.2 Å². The minimum absolute atomic E-state index is 0.0374. The summed E-state index contributed by atoms with van der Waals surface area (Å²) in [5.74, 6) is 0.388. The van der Waals surface area contributed by atoms with E-state index in [0.29, 0.717) is 24.0 Å². The van der Waals surface area contributed by atoms with Crippen LogP contribution in [0, 0.1) is 12.8 Å². The van der Waals surface area contributed by atoms with Gasteiger partial charge in [-0.2, -0.15) is 5.10 Å². The molecule has 0 aliphatic rings. The van der Waals surface area contributed by atoms with Gasteiger partial charge >= 0.3 is 0 Å². The molecule has 0 radical (unpaired) electrons. The van der Waals surface area contributed by atoms with Crippen LogP contribution >= 0.6 is 11.3 Å². The van der Waals surface area contributed by atoms with Crippen molar-refractivity contribution in [1.82, 2.24) is 20.1 Å². The molecular weight excluding hydrogens is 312 g/mol. The Morgan fingerprint density at radius 2 is 2.13 bits per heavy atom. The Labute approximate surface area is 140 Å². The molecule has 6 nitrogen and oxygen atoms in total. The molecule has 2 rings (SSSR count). The summed E-state index contributed by atoms with van der Waals surface area (Å²) in [7, 11) is 1.86. The number of carbonyl (C=O) groups excluding carboxylic acids is 1. The number of thiazole rings is 1. The largest absolute Gasteiger partial charge is 0.379 e. The Morgan fingerprint density at radius 3 is 2.74 bits per heavy atom. The highest BCUT2D eigenvalue weighted by Gasteiger charge is 2.18. The summed E-state index contributed by atoms with van der Waals surface area (Å²) in [5.41, 5.74) is 1.66. The van der Waals surface area contributed by atoms with E-state index in [2.05, 4.69) is 29.2 Å². The van der Waals surface area contributed by atoms with Gasteiger partial charge in [-0.3, -0.25) is 9.48 Å². The molecule has 0 spiro atoms. The smallest absolute Gasteiger partial charge is 0.263 e. The Kier molecular flexibility index (Phi) is 5.90. The van der Waals surface area contributed by atoms with E-state index < -0.39 is 0 Å². The summed E-state index contributed by atoms with van der Waals surface area (Å²) in [5, 5.41) is 7.92. The van der Waals surface area contributed by atoms with E-state index in [9.17, 15) is 4.79 Å². The van der Waals surface area contributed by atoms with Gasteiger partial charge in [-0.05, 0) is 19.8 Å². The second-order valence-electron chi connectivity index (χ2n) is 6.14. The summed E-state index contributed by atoms with van der Waals surface area (Å²) >= 11 is 1.39. The average molecular weight is 336 g/mol. The molecule has 2 aromatic heterocycles. The van der Waals surface area contributed by atoms with Crippen LogP contribution in [0.4, 0.5) is 0 Å². The van der Waals surface area contributed by atoms with Crippen molar-refractivity contribution < 1.29 is 9.53 Å². The molecule has 126 valence electrons. The molecule has 1 N–H and O–H groups in total. The van der Waals surface area contributed by atoms with Gasteiger partial charge in [0.25, 0.3) is 5.91 Å². The number of carbonyl (C=O) groups is 1.